The number of nitrogens with zero attached hydrogens (tertiary/aromatic N) is 3. The Morgan fingerprint density at radius 3 is 1.91 bits per heavy atom. The summed E-state index contributed by atoms with van der Waals surface area (Å²) in [5.74, 6) is 0. The van der Waals surface area contributed by atoms with Gasteiger partial charge in [-0.05, 0) is 65.4 Å². The molecule has 3 heteroatoms. The van der Waals surface area contributed by atoms with Crippen LogP contribution in [0.1, 0.15) is 18.4 Å². The highest BCUT2D eigenvalue weighted by molar-refractivity contribution is 5.95. The summed E-state index contributed by atoms with van der Waals surface area (Å²) >= 11 is 0. The molecule has 1 aliphatic rings. The maximum absolute atomic E-state index is 5.21. The Hall–Kier alpha value is -5.54. The third kappa shape index (κ3) is 4.75. The minimum atomic E-state index is 0.935. The van der Waals surface area contributed by atoms with E-state index in [9.17, 15) is 0 Å². The fourth-order valence-electron chi connectivity index (χ4n) is 6.05. The van der Waals surface area contributed by atoms with E-state index in [1.54, 1.807) is 0 Å². The number of rotatable bonds is 5. The largest absolute Gasteiger partial charge is 0.248 e. The first-order chi connectivity index (χ1) is 21.3. The average Bonchev–Trinajstić information content (AvgIpc) is 3.48. The topological polar surface area (TPSA) is 30.2 Å². The lowest BCUT2D eigenvalue weighted by molar-refractivity contribution is 0.990. The van der Waals surface area contributed by atoms with Crippen molar-refractivity contribution in [2.75, 3.05) is 0 Å². The third-order valence-electron chi connectivity index (χ3n) is 8.33. The van der Waals surface area contributed by atoms with Crippen LogP contribution >= 0.6 is 0 Å². The van der Waals surface area contributed by atoms with E-state index in [2.05, 4.69) is 144 Å². The van der Waals surface area contributed by atoms with Crippen LogP contribution in [0.5, 0.6) is 0 Å². The predicted octanol–water partition coefficient (Wildman–Crippen LogP) is 10.3. The van der Waals surface area contributed by atoms with Crippen LogP contribution in [0, 0.1) is 0 Å². The van der Waals surface area contributed by atoms with Crippen molar-refractivity contribution >= 4 is 22.0 Å². The quantitative estimate of drug-likeness (QED) is 0.213. The fraction of sp³-hybridized carbons (Fsp3) is 0.0500. The van der Waals surface area contributed by atoms with Crippen molar-refractivity contribution in [3.05, 3.63) is 157 Å². The summed E-state index contributed by atoms with van der Waals surface area (Å²) in [5, 5.41) is 6.14. The van der Waals surface area contributed by atoms with Crippen molar-refractivity contribution in [2.45, 2.75) is 12.8 Å². The lowest BCUT2D eigenvalue weighted by Crippen LogP contribution is -1.97. The molecule has 0 N–H and O–H groups in total. The van der Waals surface area contributed by atoms with Gasteiger partial charge in [0.05, 0.1) is 28.1 Å². The molecule has 0 saturated heterocycles. The van der Waals surface area contributed by atoms with E-state index < -0.39 is 0 Å². The van der Waals surface area contributed by atoms with Gasteiger partial charge in [-0.2, -0.15) is 5.10 Å². The Labute approximate surface area is 251 Å². The van der Waals surface area contributed by atoms with Crippen LogP contribution < -0.4 is 0 Å². The lowest BCUT2D eigenvalue weighted by atomic mass is 9.95. The Balaban J connectivity index is 1.27. The number of hydrogen-bond donors (Lipinski definition) is 0. The number of pyridine rings is 2. The molecule has 0 fully saturated rings. The van der Waals surface area contributed by atoms with Crippen molar-refractivity contribution < 1.29 is 0 Å². The van der Waals surface area contributed by atoms with Crippen molar-refractivity contribution in [3.63, 3.8) is 0 Å². The molecule has 0 atom stereocenters. The van der Waals surface area contributed by atoms with Gasteiger partial charge in [-0.3, -0.25) is 0 Å². The summed E-state index contributed by atoms with van der Waals surface area (Å²) < 4.78 is 2.07. The smallest absolute Gasteiger partial charge is 0.0934 e. The molecule has 43 heavy (non-hydrogen) atoms. The standard InChI is InChI=1S/C40H29N3/c1-3-10-28(11-4-1)30-18-22-32(23-19-30)37-26-34(39-16-9-17-40-35-14-7-8-15-36(35)42-43(39)40)27-38(41-37)33-24-20-31(21-25-33)29-12-5-2-6-13-29/h1-5,7-12,14-27H,6,13H2. The second-order valence-corrected chi connectivity index (χ2v) is 11.0. The Bertz CT molecular complexity index is 2150. The highest BCUT2D eigenvalue weighted by atomic mass is 15.2. The van der Waals surface area contributed by atoms with E-state index >= 15 is 0 Å². The molecule has 0 amide bonds. The van der Waals surface area contributed by atoms with Crippen molar-refractivity contribution in [1.29, 1.82) is 0 Å². The van der Waals surface area contributed by atoms with E-state index in [1.165, 1.54) is 22.3 Å². The predicted molar refractivity (Wildman–Crippen MR) is 179 cm³/mol. The summed E-state index contributed by atoms with van der Waals surface area (Å²) in [5.41, 5.74) is 13.3. The van der Waals surface area contributed by atoms with Crippen LogP contribution in [0.3, 0.4) is 0 Å². The van der Waals surface area contributed by atoms with Gasteiger partial charge in [-0.25, -0.2) is 9.50 Å². The minimum absolute atomic E-state index is 0.935. The van der Waals surface area contributed by atoms with Gasteiger partial charge in [0.15, 0.2) is 0 Å². The number of allylic oxidation sites excluding steroid dienone is 4. The number of aromatic nitrogens is 3. The molecule has 0 aliphatic heterocycles. The summed E-state index contributed by atoms with van der Waals surface area (Å²) in [7, 11) is 0. The van der Waals surface area contributed by atoms with Crippen LogP contribution in [-0.2, 0) is 0 Å². The SMILES string of the molecule is C1=CCCC(c2ccc(-c3cc(-c4cccc5c6ccccc6nn45)cc(-c4ccc(-c5ccccc5)cc4)n3)cc2)=C1. The monoisotopic (exact) mass is 551 g/mol. The maximum atomic E-state index is 5.21. The first kappa shape index (κ1) is 25.2. The highest BCUT2D eigenvalue weighted by Gasteiger charge is 2.14. The van der Waals surface area contributed by atoms with Gasteiger partial charge >= 0.3 is 0 Å². The van der Waals surface area contributed by atoms with Gasteiger partial charge in [-0.15, -0.1) is 0 Å². The van der Waals surface area contributed by atoms with Gasteiger partial charge in [0.25, 0.3) is 0 Å². The van der Waals surface area contributed by atoms with Crippen LogP contribution in [0.15, 0.2) is 152 Å². The summed E-state index contributed by atoms with van der Waals surface area (Å²) in [6.45, 7) is 0. The summed E-state index contributed by atoms with van der Waals surface area (Å²) in [4.78, 5) is 5.21. The molecule has 3 aromatic heterocycles. The molecule has 3 heterocycles. The second-order valence-electron chi connectivity index (χ2n) is 11.0. The fourth-order valence-corrected chi connectivity index (χ4v) is 6.05. The van der Waals surface area contributed by atoms with Crippen molar-refractivity contribution in [2.24, 2.45) is 0 Å². The molecule has 0 saturated carbocycles. The van der Waals surface area contributed by atoms with Gasteiger partial charge in [0, 0.05) is 22.1 Å². The first-order valence-corrected chi connectivity index (χ1v) is 14.8. The summed E-state index contributed by atoms with van der Waals surface area (Å²) in [6, 6.07) is 47.2. The minimum Gasteiger partial charge on any atom is -0.248 e. The Morgan fingerprint density at radius 1 is 0.535 bits per heavy atom. The summed E-state index contributed by atoms with van der Waals surface area (Å²) in [6.07, 6.45) is 8.78. The number of fused-ring (bicyclic) bond motifs is 3. The lowest BCUT2D eigenvalue weighted by Gasteiger charge is -2.13. The average molecular weight is 552 g/mol. The molecular weight excluding hydrogens is 522 g/mol. The van der Waals surface area contributed by atoms with E-state index in [-0.39, 0.29) is 0 Å². The third-order valence-corrected chi connectivity index (χ3v) is 8.33. The van der Waals surface area contributed by atoms with Crippen molar-refractivity contribution in [3.8, 4) is 44.9 Å². The van der Waals surface area contributed by atoms with Crippen LogP contribution in [0.25, 0.3) is 66.9 Å². The first-order valence-electron chi connectivity index (χ1n) is 14.8. The Morgan fingerprint density at radius 2 is 1.19 bits per heavy atom. The molecule has 0 spiro atoms. The van der Waals surface area contributed by atoms with Crippen molar-refractivity contribution in [1.82, 2.24) is 14.6 Å². The molecule has 8 rings (SSSR count). The number of hydrogen-bond acceptors (Lipinski definition) is 2. The molecule has 0 radical (unpaired) electrons. The van der Waals surface area contributed by atoms with Gasteiger partial charge in [-0.1, -0.05) is 121 Å². The molecule has 7 aromatic rings. The normalized spacial score (nSPS) is 13.0. The molecule has 4 aromatic carbocycles. The maximum Gasteiger partial charge on any atom is 0.0934 e. The molecule has 204 valence electrons. The van der Waals surface area contributed by atoms with Gasteiger partial charge in [0.2, 0.25) is 0 Å². The number of benzene rings is 4. The van der Waals surface area contributed by atoms with E-state index in [0.29, 0.717) is 0 Å². The van der Waals surface area contributed by atoms with Crippen LogP contribution in [0.2, 0.25) is 0 Å². The van der Waals surface area contributed by atoms with E-state index in [1.807, 2.05) is 12.1 Å². The Kier molecular flexibility index (Phi) is 6.27. The zero-order valence-corrected chi connectivity index (χ0v) is 23.7. The molecule has 0 bridgehead atoms. The van der Waals surface area contributed by atoms with Crippen LogP contribution in [-0.4, -0.2) is 14.6 Å². The van der Waals surface area contributed by atoms with E-state index in [4.69, 9.17) is 10.1 Å². The van der Waals surface area contributed by atoms with E-state index in [0.717, 1.165) is 63.0 Å². The molecule has 3 nitrogen and oxygen atoms in total. The van der Waals surface area contributed by atoms with Gasteiger partial charge in [0.1, 0.15) is 0 Å². The molecular formula is C40H29N3. The highest BCUT2D eigenvalue weighted by Crippen LogP contribution is 2.34. The van der Waals surface area contributed by atoms with Crippen LogP contribution in [0.4, 0.5) is 0 Å². The molecule has 0 unspecified atom stereocenters. The zero-order valence-electron chi connectivity index (χ0n) is 23.7. The van der Waals surface area contributed by atoms with Gasteiger partial charge < -0.3 is 0 Å². The second kappa shape index (κ2) is 10.7. The molecule has 1 aliphatic carbocycles. The zero-order chi connectivity index (χ0) is 28.6.